The standard InChI is InChI=1S/C21H33N3O5/c1-13(25)23-18(21(2,3)4)20(29)24-12-15(26)10-16(24)19(28)22-11-17(27)14-8-6-5-7-9-14/h5-9,15-18,20,26-27,29H,10-12H2,1-4H3,(H,22,28)(H,23,25)/t15-,16+,17-,18-,20?/m1/s1. The highest BCUT2D eigenvalue weighted by Gasteiger charge is 2.44. The van der Waals surface area contributed by atoms with Gasteiger partial charge in [-0.1, -0.05) is 51.1 Å². The molecule has 162 valence electrons. The first-order chi connectivity index (χ1) is 13.5. The Morgan fingerprint density at radius 2 is 1.83 bits per heavy atom. The van der Waals surface area contributed by atoms with Crippen LogP contribution in [-0.4, -0.2) is 69.5 Å². The highest BCUT2D eigenvalue weighted by molar-refractivity contribution is 5.82. The highest BCUT2D eigenvalue weighted by atomic mass is 16.3. The van der Waals surface area contributed by atoms with Crippen LogP contribution >= 0.6 is 0 Å². The van der Waals surface area contributed by atoms with Crippen molar-refractivity contribution in [2.45, 2.75) is 64.6 Å². The predicted octanol–water partition coefficient (Wildman–Crippen LogP) is 0.141. The monoisotopic (exact) mass is 407 g/mol. The van der Waals surface area contributed by atoms with Gasteiger partial charge in [-0.05, 0) is 17.4 Å². The molecule has 8 heteroatoms. The summed E-state index contributed by atoms with van der Waals surface area (Å²) in [5.74, 6) is -0.665. The Hall–Kier alpha value is -2.00. The molecule has 1 unspecified atom stereocenters. The predicted molar refractivity (Wildman–Crippen MR) is 109 cm³/mol. The third kappa shape index (κ3) is 6.24. The molecule has 1 aromatic rings. The van der Waals surface area contributed by atoms with E-state index in [2.05, 4.69) is 10.6 Å². The summed E-state index contributed by atoms with van der Waals surface area (Å²) in [6.07, 6.45) is -2.60. The van der Waals surface area contributed by atoms with E-state index in [0.717, 1.165) is 0 Å². The fourth-order valence-corrected chi connectivity index (χ4v) is 3.65. The molecule has 5 N–H and O–H groups in total. The molecule has 0 bridgehead atoms. The number of benzene rings is 1. The van der Waals surface area contributed by atoms with E-state index in [4.69, 9.17) is 0 Å². The molecule has 0 radical (unpaired) electrons. The van der Waals surface area contributed by atoms with Crippen LogP contribution in [0.15, 0.2) is 30.3 Å². The van der Waals surface area contributed by atoms with Crippen LogP contribution < -0.4 is 10.6 Å². The number of likely N-dealkylation sites (tertiary alicyclic amines) is 1. The molecule has 8 nitrogen and oxygen atoms in total. The molecule has 1 heterocycles. The minimum absolute atomic E-state index is 0.0216. The Balaban J connectivity index is 2.07. The van der Waals surface area contributed by atoms with Crippen LogP contribution in [0.3, 0.4) is 0 Å². The lowest BCUT2D eigenvalue weighted by Gasteiger charge is -2.40. The molecule has 2 amide bonds. The van der Waals surface area contributed by atoms with Crippen molar-refractivity contribution in [2.24, 2.45) is 5.41 Å². The van der Waals surface area contributed by atoms with Crippen LogP contribution in [0, 0.1) is 5.41 Å². The van der Waals surface area contributed by atoms with Crippen molar-refractivity contribution in [3.05, 3.63) is 35.9 Å². The highest BCUT2D eigenvalue weighted by Crippen LogP contribution is 2.28. The maximum atomic E-state index is 12.8. The number of nitrogens with one attached hydrogen (secondary N) is 2. The number of aliphatic hydroxyl groups is 3. The largest absolute Gasteiger partial charge is 0.392 e. The number of hydrogen-bond acceptors (Lipinski definition) is 6. The van der Waals surface area contributed by atoms with Gasteiger partial charge in [-0.2, -0.15) is 0 Å². The number of amides is 2. The van der Waals surface area contributed by atoms with Crippen molar-refractivity contribution in [3.8, 4) is 0 Å². The summed E-state index contributed by atoms with van der Waals surface area (Å²) in [6, 6.07) is 7.61. The van der Waals surface area contributed by atoms with E-state index in [0.29, 0.717) is 5.56 Å². The Kier molecular flexibility index (Phi) is 7.76. The van der Waals surface area contributed by atoms with Gasteiger partial charge >= 0.3 is 0 Å². The minimum Gasteiger partial charge on any atom is -0.392 e. The summed E-state index contributed by atoms with van der Waals surface area (Å²) in [7, 11) is 0. The van der Waals surface area contributed by atoms with Crippen molar-refractivity contribution < 1.29 is 24.9 Å². The topological polar surface area (TPSA) is 122 Å². The molecule has 0 aliphatic carbocycles. The number of aliphatic hydroxyl groups excluding tert-OH is 3. The zero-order valence-electron chi connectivity index (χ0n) is 17.5. The van der Waals surface area contributed by atoms with Crippen LogP contribution in [0.25, 0.3) is 0 Å². The molecule has 0 spiro atoms. The van der Waals surface area contributed by atoms with Crippen LogP contribution in [0.4, 0.5) is 0 Å². The Bertz CT molecular complexity index is 691. The van der Waals surface area contributed by atoms with Gasteiger partial charge in [0.15, 0.2) is 0 Å². The first kappa shape index (κ1) is 23.3. The second kappa shape index (κ2) is 9.67. The number of β-amino-alcohol motifs (C(OH)–C–C–N with tert-alkyl or cyclic N) is 1. The molecule has 1 saturated heterocycles. The first-order valence-corrected chi connectivity index (χ1v) is 9.90. The van der Waals surface area contributed by atoms with Crippen LogP contribution in [0.2, 0.25) is 0 Å². The maximum absolute atomic E-state index is 12.8. The van der Waals surface area contributed by atoms with E-state index >= 15 is 0 Å². The SMILES string of the molecule is CC(=O)N[C@H](C(O)N1C[C@H](O)C[C@H]1C(=O)NC[C@@H](O)c1ccccc1)C(C)(C)C. The smallest absolute Gasteiger partial charge is 0.237 e. The number of carbonyl (C=O) groups excluding carboxylic acids is 2. The Labute approximate surface area is 171 Å². The van der Waals surface area contributed by atoms with E-state index in [1.54, 1.807) is 24.3 Å². The summed E-state index contributed by atoms with van der Waals surface area (Å²) in [5.41, 5.74) is 0.220. The van der Waals surface area contributed by atoms with Gasteiger partial charge < -0.3 is 26.0 Å². The van der Waals surface area contributed by atoms with Crippen molar-refractivity contribution in [3.63, 3.8) is 0 Å². The number of rotatable bonds is 7. The summed E-state index contributed by atoms with van der Waals surface area (Å²) >= 11 is 0. The molecule has 5 atom stereocenters. The van der Waals surface area contributed by atoms with Gasteiger partial charge in [-0.3, -0.25) is 14.5 Å². The third-order valence-corrected chi connectivity index (χ3v) is 5.20. The fraction of sp³-hybridized carbons (Fsp3) is 0.619. The lowest BCUT2D eigenvalue weighted by molar-refractivity contribution is -0.134. The van der Waals surface area contributed by atoms with Crippen molar-refractivity contribution in [2.75, 3.05) is 13.1 Å². The van der Waals surface area contributed by atoms with Gasteiger partial charge in [0.2, 0.25) is 11.8 Å². The van der Waals surface area contributed by atoms with E-state index in [9.17, 15) is 24.9 Å². The van der Waals surface area contributed by atoms with Crippen molar-refractivity contribution in [1.29, 1.82) is 0 Å². The molecule has 1 aromatic carbocycles. The second-order valence-electron chi connectivity index (χ2n) is 8.73. The quantitative estimate of drug-likeness (QED) is 0.438. The van der Waals surface area contributed by atoms with E-state index in [1.807, 2.05) is 26.8 Å². The zero-order chi connectivity index (χ0) is 21.8. The Morgan fingerprint density at radius 1 is 1.21 bits per heavy atom. The molecular weight excluding hydrogens is 374 g/mol. The van der Waals surface area contributed by atoms with E-state index < -0.39 is 35.9 Å². The summed E-state index contributed by atoms with van der Waals surface area (Å²) in [5, 5.41) is 36.8. The first-order valence-electron chi connectivity index (χ1n) is 9.90. The Morgan fingerprint density at radius 3 is 2.38 bits per heavy atom. The van der Waals surface area contributed by atoms with Gasteiger partial charge in [0.25, 0.3) is 0 Å². The van der Waals surface area contributed by atoms with E-state index in [1.165, 1.54) is 11.8 Å². The zero-order valence-corrected chi connectivity index (χ0v) is 17.5. The summed E-state index contributed by atoms with van der Waals surface area (Å²) < 4.78 is 0. The summed E-state index contributed by atoms with van der Waals surface area (Å²) in [4.78, 5) is 25.9. The molecule has 1 aliphatic rings. The fourth-order valence-electron chi connectivity index (χ4n) is 3.65. The molecule has 1 aliphatic heterocycles. The number of hydrogen-bond donors (Lipinski definition) is 5. The third-order valence-electron chi connectivity index (χ3n) is 5.20. The minimum atomic E-state index is -1.15. The van der Waals surface area contributed by atoms with Crippen molar-refractivity contribution >= 4 is 11.8 Å². The lowest BCUT2D eigenvalue weighted by atomic mass is 9.85. The average Bonchev–Trinajstić information content (AvgIpc) is 3.05. The van der Waals surface area contributed by atoms with Gasteiger partial charge in [0.1, 0.15) is 6.23 Å². The van der Waals surface area contributed by atoms with Crippen LogP contribution in [0.5, 0.6) is 0 Å². The second-order valence-corrected chi connectivity index (χ2v) is 8.73. The normalized spacial score (nSPS) is 23.3. The molecule has 1 fully saturated rings. The average molecular weight is 408 g/mol. The van der Waals surface area contributed by atoms with Gasteiger partial charge in [-0.25, -0.2) is 0 Å². The molecular formula is C21H33N3O5. The number of nitrogens with zero attached hydrogens (tertiary/aromatic N) is 1. The van der Waals surface area contributed by atoms with E-state index in [-0.39, 0.29) is 31.3 Å². The van der Waals surface area contributed by atoms with Gasteiger partial charge in [0.05, 0.1) is 24.3 Å². The summed E-state index contributed by atoms with van der Waals surface area (Å²) in [6.45, 7) is 7.16. The molecule has 0 saturated carbocycles. The lowest BCUT2D eigenvalue weighted by Crippen LogP contribution is -2.60. The van der Waals surface area contributed by atoms with Crippen molar-refractivity contribution in [1.82, 2.24) is 15.5 Å². The van der Waals surface area contributed by atoms with Gasteiger partial charge in [-0.15, -0.1) is 0 Å². The maximum Gasteiger partial charge on any atom is 0.237 e. The van der Waals surface area contributed by atoms with Crippen LogP contribution in [0.1, 0.15) is 45.8 Å². The number of carbonyl (C=O) groups is 2. The molecule has 29 heavy (non-hydrogen) atoms. The van der Waals surface area contributed by atoms with Crippen LogP contribution in [-0.2, 0) is 9.59 Å². The van der Waals surface area contributed by atoms with Gasteiger partial charge in [0, 0.05) is 20.0 Å². The molecule has 2 rings (SSSR count). The molecule has 0 aromatic heterocycles.